The van der Waals surface area contributed by atoms with E-state index in [4.69, 9.17) is 0 Å². The number of aromatic nitrogens is 1. The smallest absolute Gasteiger partial charge is 0.668 e. The van der Waals surface area contributed by atoms with Crippen LogP contribution in [-0.4, -0.2) is 16.4 Å². The standard InChI is InChI=1S/C17H10F2N.C11H10N2.Ir/c18-15-10-4-8-14(16(15)19)17-13(9-5-11-20-17)12-6-2-1-3-7-12;1-2-4-10-9(3-1)5-7-13-8-6-12-11(10)13;/h1-7,9-11H;1-3,6,8,11H,5,7H2;/q-1;-2;+3. The van der Waals surface area contributed by atoms with Crippen LogP contribution in [0.5, 0.6) is 0 Å². The summed E-state index contributed by atoms with van der Waals surface area (Å²) < 4.78 is 27.3. The summed E-state index contributed by atoms with van der Waals surface area (Å²) in [5.74, 6) is -1.83. The van der Waals surface area contributed by atoms with Crippen molar-refractivity contribution >= 4 is 0 Å². The molecule has 0 N–H and O–H groups in total. The first-order valence-corrected chi connectivity index (χ1v) is 10.7. The average molecular weight is 629 g/mol. The Balaban J connectivity index is 0.000000169. The van der Waals surface area contributed by atoms with Crippen LogP contribution in [0.25, 0.3) is 27.7 Å². The van der Waals surface area contributed by atoms with Crippen LogP contribution in [-0.2, 0) is 26.5 Å². The quantitative estimate of drug-likeness (QED) is 0.232. The molecule has 0 spiro atoms. The molecule has 0 aliphatic carbocycles. The van der Waals surface area contributed by atoms with Gasteiger partial charge in [-0.2, -0.15) is 41.6 Å². The summed E-state index contributed by atoms with van der Waals surface area (Å²) in [6.45, 7) is 1.08. The molecule has 6 heteroatoms. The molecular formula is C28H20F2IrN3. The van der Waals surface area contributed by atoms with Crippen LogP contribution in [0.4, 0.5) is 8.78 Å². The third-order valence-corrected chi connectivity index (χ3v) is 5.69. The van der Waals surface area contributed by atoms with E-state index in [-0.39, 0.29) is 31.8 Å². The van der Waals surface area contributed by atoms with Crippen LogP contribution in [0.15, 0.2) is 91.4 Å². The molecule has 0 saturated heterocycles. The van der Waals surface area contributed by atoms with Gasteiger partial charge in [-0.05, 0) is 35.3 Å². The third-order valence-electron chi connectivity index (χ3n) is 5.69. The molecule has 170 valence electrons. The minimum absolute atomic E-state index is 0. The van der Waals surface area contributed by atoms with Crippen molar-refractivity contribution in [2.24, 2.45) is 0 Å². The summed E-state index contributed by atoms with van der Waals surface area (Å²) in [5.41, 5.74) is 4.72. The van der Waals surface area contributed by atoms with E-state index in [9.17, 15) is 8.78 Å². The number of nitrogens with zero attached hydrogens (tertiary/aromatic N) is 3. The molecule has 2 aliphatic heterocycles. The van der Waals surface area contributed by atoms with Crippen molar-refractivity contribution in [3.05, 3.63) is 132 Å². The molecule has 2 aliphatic rings. The third kappa shape index (κ3) is 4.79. The van der Waals surface area contributed by atoms with Crippen LogP contribution < -0.4 is 0 Å². The number of benzene rings is 3. The maximum Gasteiger partial charge on any atom is 3.00 e. The molecule has 0 amide bonds. The molecule has 0 saturated carbocycles. The van der Waals surface area contributed by atoms with Gasteiger partial charge in [-0.3, -0.25) is 4.39 Å². The fourth-order valence-corrected chi connectivity index (χ4v) is 4.08. The number of rotatable bonds is 2. The summed E-state index contributed by atoms with van der Waals surface area (Å²) in [4.78, 5) is 6.45. The molecule has 1 unspecified atom stereocenters. The maximum absolute atomic E-state index is 13.9. The zero-order valence-electron chi connectivity index (χ0n) is 18.1. The summed E-state index contributed by atoms with van der Waals surface area (Å²) in [6.07, 6.45) is 6.84. The first kappa shape index (κ1) is 23.8. The summed E-state index contributed by atoms with van der Waals surface area (Å²) in [7, 11) is 0. The number of hydrogen-bond acceptors (Lipinski definition) is 2. The van der Waals surface area contributed by atoms with E-state index in [0.717, 1.165) is 30.2 Å². The van der Waals surface area contributed by atoms with Gasteiger partial charge in [0.1, 0.15) is 0 Å². The Bertz CT molecular complexity index is 1290. The first-order valence-electron chi connectivity index (χ1n) is 10.7. The molecule has 4 aromatic rings. The molecule has 6 rings (SSSR count). The molecule has 1 atom stereocenters. The largest absolute Gasteiger partial charge is 3.00 e. The summed E-state index contributed by atoms with van der Waals surface area (Å²) in [5, 5.41) is 4.41. The number of fused-ring (bicyclic) bond motifs is 3. The topological polar surface area (TPSA) is 30.2 Å². The van der Waals surface area contributed by atoms with Gasteiger partial charge in [0.2, 0.25) is 0 Å². The fourth-order valence-electron chi connectivity index (χ4n) is 4.08. The Morgan fingerprint density at radius 2 is 1.79 bits per heavy atom. The van der Waals surface area contributed by atoms with Crippen molar-refractivity contribution in [2.45, 2.75) is 12.6 Å². The van der Waals surface area contributed by atoms with Crippen molar-refractivity contribution in [1.82, 2.24) is 9.88 Å². The zero-order valence-corrected chi connectivity index (χ0v) is 20.5. The Kier molecular flexibility index (Phi) is 7.51. The van der Waals surface area contributed by atoms with E-state index >= 15 is 0 Å². The van der Waals surface area contributed by atoms with Crippen LogP contribution in [0.1, 0.15) is 17.3 Å². The van der Waals surface area contributed by atoms with Crippen LogP contribution in [0.3, 0.4) is 0 Å². The molecule has 34 heavy (non-hydrogen) atoms. The second-order valence-corrected chi connectivity index (χ2v) is 7.70. The molecular weight excluding hydrogens is 609 g/mol. The molecule has 0 radical (unpaired) electrons. The normalized spacial score (nSPS) is 15.2. The molecule has 3 aromatic carbocycles. The van der Waals surface area contributed by atoms with Gasteiger partial charge in [0.25, 0.3) is 0 Å². The zero-order chi connectivity index (χ0) is 22.6. The van der Waals surface area contributed by atoms with E-state index < -0.39 is 11.6 Å². The van der Waals surface area contributed by atoms with E-state index in [2.05, 4.69) is 45.7 Å². The van der Waals surface area contributed by atoms with E-state index in [1.165, 1.54) is 17.2 Å². The summed E-state index contributed by atoms with van der Waals surface area (Å²) in [6, 6.07) is 27.7. The van der Waals surface area contributed by atoms with Gasteiger partial charge < -0.3 is 15.2 Å². The Morgan fingerprint density at radius 1 is 0.941 bits per heavy atom. The molecule has 3 heterocycles. The predicted octanol–water partition coefficient (Wildman–Crippen LogP) is 6.69. The van der Waals surface area contributed by atoms with E-state index in [1.807, 2.05) is 48.7 Å². The van der Waals surface area contributed by atoms with E-state index in [1.54, 1.807) is 12.3 Å². The van der Waals surface area contributed by atoms with Gasteiger partial charge in [0, 0.05) is 12.7 Å². The summed E-state index contributed by atoms with van der Waals surface area (Å²) >= 11 is 0. The maximum atomic E-state index is 13.9. The van der Waals surface area contributed by atoms with Crippen LogP contribution in [0.2, 0.25) is 0 Å². The van der Waals surface area contributed by atoms with E-state index in [0.29, 0.717) is 5.69 Å². The minimum Gasteiger partial charge on any atom is -0.668 e. The van der Waals surface area contributed by atoms with Gasteiger partial charge >= 0.3 is 20.1 Å². The van der Waals surface area contributed by atoms with Gasteiger partial charge in [-0.1, -0.05) is 48.4 Å². The molecule has 3 nitrogen and oxygen atoms in total. The van der Waals surface area contributed by atoms with Crippen molar-refractivity contribution in [1.29, 1.82) is 0 Å². The Hall–Kier alpha value is -3.34. The number of halogens is 2. The Labute approximate surface area is 211 Å². The van der Waals surface area contributed by atoms with Crippen LogP contribution in [0, 0.1) is 23.8 Å². The minimum atomic E-state index is -0.927. The molecule has 0 fully saturated rings. The number of hydrogen-bond donors (Lipinski definition) is 0. The van der Waals surface area contributed by atoms with Crippen molar-refractivity contribution in [2.75, 3.05) is 6.54 Å². The Morgan fingerprint density at radius 3 is 2.65 bits per heavy atom. The van der Waals surface area contributed by atoms with Gasteiger partial charge in [-0.25, -0.2) is 4.39 Å². The van der Waals surface area contributed by atoms with Crippen molar-refractivity contribution in [3.63, 3.8) is 0 Å². The van der Waals surface area contributed by atoms with Crippen molar-refractivity contribution in [3.8, 4) is 22.4 Å². The molecule has 0 bridgehead atoms. The predicted molar refractivity (Wildman–Crippen MR) is 125 cm³/mol. The number of pyridine rings is 1. The second kappa shape index (κ2) is 10.7. The SMILES string of the molecule is Fc1cc[c-]c(-c2ncccc2-c2ccccc2)c1F.[Ir+3].[c-]1cccc2c1C1[N-]C=CN1CC2. The average Bonchev–Trinajstić information content (AvgIpc) is 3.36. The second-order valence-electron chi connectivity index (χ2n) is 7.70. The van der Waals surface area contributed by atoms with Gasteiger partial charge in [0.05, 0.1) is 11.6 Å². The van der Waals surface area contributed by atoms with Crippen molar-refractivity contribution < 1.29 is 28.9 Å². The first-order chi connectivity index (χ1) is 16.2. The van der Waals surface area contributed by atoms with Gasteiger partial charge in [0.15, 0.2) is 0 Å². The molecule has 1 aromatic heterocycles. The van der Waals surface area contributed by atoms with Crippen LogP contribution >= 0.6 is 0 Å². The monoisotopic (exact) mass is 629 g/mol. The van der Waals surface area contributed by atoms with Gasteiger partial charge in [-0.15, -0.1) is 18.2 Å². The fraction of sp³-hybridized carbons (Fsp3) is 0.107.